The van der Waals surface area contributed by atoms with E-state index in [0.29, 0.717) is 25.5 Å². The smallest absolute Gasteiger partial charge is 0.304 e. The van der Waals surface area contributed by atoms with Gasteiger partial charge >= 0.3 is 10.2 Å². The summed E-state index contributed by atoms with van der Waals surface area (Å²) in [4.78, 5) is 12.4. The molecule has 1 amide bonds. The number of carbonyl (C=O) groups excluding carboxylic acids is 1. The van der Waals surface area contributed by atoms with Crippen molar-refractivity contribution in [2.45, 2.75) is 38.5 Å². The molecule has 162 valence electrons. The lowest BCUT2D eigenvalue weighted by Gasteiger charge is -2.31. The molecule has 0 bridgehead atoms. The number of nitrogens with two attached hydrogens (primary N) is 1. The van der Waals surface area contributed by atoms with E-state index in [4.69, 9.17) is 22.1 Å². The van der Waals surface area contributed by atoms with Gasteiger partial charge in [0.05, 0.1) is 17.2 Å². The molecular weight excluding hydrogens is 421 g/mol. The van der Waals surface area contributed by atoms with E-state index in [1.165, 1.54) is 4.31 Å². The van der Waals surface area contributed by atoms with Gasteiger partial charge in [-0.05, 0) is 50.1 Å². The van der Waals surface area contributed by atoms with E-state index in [0.717, 1.165) is 44.2 Å². The van der Waals surface area contributed by atoms with Crippen molar-refractivity contribution in [1.82, 2.24) is 9.03 Å². The molecule has 1 aromatic rings. The molecule has 0 spiro atoms. The monoisotopic (exact) mass is 447 g/mol. The van der Waals surface area contributed by atoms with Crippen LogP contribution in [0.15, 0.2) is 12.1 Å². The van der Waals surface area contributed by atoms with Crippen LogP contribution in [0.25, 0.3) is 0 Å². The highest BCUT2D eigenvalue weighted by molar-refractivity contribution is 7.87. The Kier molecular flexibility index (Phi) is 7.37. The van der Waals surface area contributed by atoms with Crippen LogP contribution in [0, 0.1) is 17.7 Å². The van der Waals surface area contributed by atoms with Crippen molar-refractivity contribution in [2.75, 3.05) is 26.2 Å². The van der Waals surface area contributed by atoms with Crippen molar-refractivity contribution in [3.8, 4) is 5.75 Å². The maximum absolute atomic E-state index is 14.5. The van der Waals surface area contributed by atoms with Gasteiger partial charge in [0, 0.05) is 19.2 Å². The van der Waals surface area contributed by atoms with E-state index in [-0.39, 0.29) is 29.8 Å². The number of nitrogens with zero attached hydrogens (tertiary/aromatic N) is 1. The van der Waals surface area contributed by atoms with E-state index in [1.807, 2.05) is 4.72 Å². The quantitative estimate of drug-likeness (QED) is 0.669. The van der Waals surface area contributed by atoms with Gasteiger partial charge in [-0.25, -0.2) is 9.11 Å². The molecule has 2 aliphatic rings. The highest BCUT2D eigenvalue weighted by atomic mass is 35.5. The molecule has 1 saturated carbocycles. The van der Waals surface area contributed by atoms with Crippen molar-refractivity contribution in [3.05, 3.63) is 28.5 Å². The minimum atomic E-state index is -4.10. The van der Waals surface area contributed by atoms with E-state index < -0.39 is 27.5 Å². The molecule has 7 nitrogen and oxygen atoms in total. The molecule has 1 atom stereocenters. The van der Waals surface area contributed by atoms with Gasteiger partial charge in [0.2, 0.25) is 0 Å². The second-order valence-electron chi connectivity index (χ2n) is 7.76. The number of piperidine rings is 1. The van der Waals surface area contributed by atoms with Gasteiger partial charge in [-0.15, -0.1) is 0 Å². The number of hydrogen-bond donors (Lipinski definition) is 2. The number of halogens is 2. The van der Waals surface area contributed by atoms with Gasteiger partial charge in [-0.1, -0.05) is 24.4 Å². The Hall–Kier alpha value is -1.42. The molecule has 1 aromatic carbocycles. The number of rotatable bonds is 7. The zero-order valence-corrected chi connectivity index (χ0v) is 17.8. The Balaban J connectivity index is 1.67. The molecular formula is C19H27ClFN3O4S. The first-order chi connectivity index (χ1) is 13.8. The summed E-state index contributed by atoms with van der Waals surface area (Å²) in [7, 11) is -4.10. The van der Waals surface area contributed by atoms with Crippen molar-refractivity contribution in [2.24, 2.45) is 17.6 Å². The molecule has 0 aromatic heterocycles. The lowest BCUT2D eigenvalue weighted by Crippen LogP contribution is -2.48. The van der Waals surface area contributed by atoms with Crippen LogP contribution in [-0.4, -0.2) is 44.9 Å². The first-order valence-corrected chi connectivity index (χ1v) is 11.8. The van der Waals surface area contributed by atoms with Gasteiger partial charge in [-0.2, -0.15) is 12.7 Å². The Morgan fingerprint density at radius 1 is 1.24 bits per heavy atom. The minimum absolute atomic E-state index is 0.0397. The molecule has 1 aliphatic carbocycles. The largest absolute Gasteiger partial charge is 0.492 e. The maximum atomic E-state index is 14.5. The second-order valence-corrected chi connectivity index (χ2v) is 9.84. The zero-order valence-electron chi connectivity index (χ0n) is 16.2. The van der Waals surface area contributed by atoms with Crippen molar-refractivity contribution in [1.29, 1.82) is 0 Å². The summed E-state index contributed by atoms with van der Waals surface area (Å²) in [6.45, 7) is 1.33. The Bertz CT molecular complexity index is 846. The summed E-state index contributed by atoms with van der Waals surface area (Å²) in [6.07, 6.45) is 5.95. The third-order valence-corrected chi connectivity index (χ3v) is 7.34. The lowest BCUT2D eigenvalue weighted by atomic mass is 10.0. The van der Waals surface area contributed by atoms with Crippen LogP contribution in [0.3, 0.4) is 0 Å². The summed E-state index contributed by atoms with van der Waals surface area (Å²) in [5, 5.41) is 0.0631. The fraction of sp³-hybridized carbons (Fsp3) is 0.632. The molecule has 1 heterocycles. The average Bonchev–Trinajstić information content (AvgIpc) is 3.21. The summed E-state index contributed by atoms with van der Waals surface area (Å²) in [6, 6.07) is 2.13. The topological polar surface area (TPSA) is 102 Å². The van der Waals surface area contributed by atoms with Gasteiger partial charge in [0.15, 0.2) is 0 Å². The van der Waals surface area contributed by atoms with Gasteiger partial charge < -0.3 is 10.5 Å². The highest BCUT2D eigenvalue weighted by Gasteiger charge is 2.31. The first-order valence-electron chi connectivity index (χ1n) is 9.94. The molecule has 3 rings (SSSR count). The zero-order chi connectivity index (χ0) is 21.0. The number of hydrogen-bond acceptors (Lipinski definition) is 5. The normalized spacial score (nSPS) is 21.3. The van der Waals surface area contributed by atoms with Crippen LogP contribution >= 0.6 is 11.6 Å². The first kappa shape index (κ1) is 22.3. The van der Waals surface area contributed by atoms with Crippen LogP contribution in [0.1, 0.15) is 48.9 Å². The fourth-order valence-corrected chi connectivity index (χ4v) is 5.34. The van der Waals surface area contributed by atoms with Crippen LogP contribution in [0.4, 0.5) is 4.39 Å². The van der Waals surface area contributed by atoms with Crippen LogP contribution in [-0.2, 0) is 10.2 Å². The molecule has 2 fully saturated rings. The summed E-state index contributed by atoms with van der Waals surface area (Å²) in [5.74, 6) is -1.34. The maximum Gasteiger partial charge on any atom is 0.304 e. The van der Waals surface area contributed by atoms with Crippen molar-refractivity contribution >= 4 is 27.7 Å². The fourth-order valence-electron chi connectivity index (χ4n) is 3.87. The third kappa shape index (κ3) is 5.59. The Morgan fingerprint density at radius 3 is 2.62 bits per heavy atom. The van der Waals surface area contributed by atoms with Gasteiger partial charge in [0.25, 0.3) is 5.91 Å². The van der Waals surface area contributed by atoms with Gasteiger partial charge in [-0.3, -0.25) is 4.79 Å². The summed E-state index contributed by atoms with van der Waals surface area (Å²) in [5.41, 5.74) is 5.19. The number of amides is 1. The number of benzene rings is 1. The molecule has 29 heavy (non-hydrogen) atoms. The van der Waals surface area contributed by atoms with Crippen LogP contribution < -0.4 is 15.2 Å². The SMILES string of the molecule is NC[C@H]1CCCN(S(=O)(=O)NC(=O)c2cc(Cl)c(OCC3CCCC3)cc2F)C1. The van der Waals surface area contributed by atoms with Gasteiger partial charge in [0.1, 0.15) is 11.6 Å². The van der Waals surface area contributed by atoms with Crippen LogP contribution in [0.2, 0.25) is 5.02 Å². The van der Waals surface area contributed by atoms with E-state index >= 15 is 0 Å². The van der Waals surface area contributed by atoms with E-state index in [2.05, 4.69) is 0 Å². The molecule has 10 heteroatoms. The Labute approximate surface area is 175 Å². The summed E-state index contributed by atoms with van der Waals surface area (Å²) >= 11 is 6.14. The number of ether oxygens (including phenoxy) is 1. The molecule has 1 aliphatic heterocycles. The minimum Gasteiger partial charge on any atom is -0.492 e. The highest BCUT2D eigenvalue weighted by Crippen LogP contribution is 2.31. The third-order valence-electron chi connectivity index (χ3n) is 5.59. The molecule has 0 unspecified atom stereocenters. The Morgan fingerprint density at radius 2 is 1.93 bits per heavy atom. The molecule has 3 N–H and O–H groups in total. The van der Waals surface area contributed by atoms with Crippen molar-refractivity contribution < 1.29 is 22.3 Å². The lowest BCUT2D eigenvalue weighted by molar-refractivity contribution is 0.0974. The van der Waals surface area contributed by atoms with E-state index in [1.54, 1.807) is 0 Å². The van der Waals surface area contributed by atoms with Crippen molar-refractivity contribution in [3.63, 3.8) is 0 Å². The number of carbonyl (C=O) groups is 1. The standard InChI is InChI=1S/C19H27ClFN3O4S/c20-16-8-15(17(21)9-18(16)28-12-13-4-1-2-5-13)19(25)23-29(26,27)24-7-3-6-14(10-22)11-24/h8-9,13-14H,1-7,10-12,22H2,(H,23,25)/t14-/m1/s1. The molecule has 0 radical (unpaired) electrons. The predicted octanol–water partition coefficient (Wildman–Crippen LogP) is 2.69. The summed E-state index contributed by atoms with van der Waals surface area (Å²) < 4.78 is 48.2. The van der Waals surface area contributed by atoms with Crippen LogP contribution in [0.5, 0.6) is 5.75 Å². The molecule has 1 saturated heterocycles. The number of nitrogens with one attached hydrogen (secondary N) is 1. The van der Waals surface area contributed by atoms with E-state index in [9.17, 15) is 17.6 Å². The predicted molar refractivity (Wildman–Crippen MR) is 109 cm³/mol. The second kappa shape index (κ2) is 9.59. The average molecular weight is 448 g/mol.